The van der Waals surface area contributed by atoms with Crippen LogP contribution in [0.25, 0.3) is 0 Å². The number of rotatable bonds is 15. The van der Waals surface area contributed by atoms with Gasteiger partial charge in [0.2, 0.25) is 0 Å². The number of nitroso groups, excluding NO2 is 2. The van der Waals surface area contributed by atoms with Crippen molar-refractivity contribution in [2.75, 3.05) is 13.2 Å². The van der Waals surface area contributed by atoms with Crippen LogP contribution >= 0.6 is 0 Å². The minimum Gasteiger partial charge on any atom is -0.350 e. The van der Waals surface area contributed by atoms with Crippen LogP contribution < -0.4 is 11.8 Å². The van der Waals surface area contributed by atoms with E-state index in [1.807, 2.05) is 13.8 Å². The summed E-state index contributed by atoms with van der Waals surface area (Å²) in [6, 6.07) is 0. The minimum absolute atomic E-state index is 0.0113. The van der Waals surface area contributed by atoms with Crippen LogP contribution in [-0.2, 0) is 33.4 Å². The van der Waals surface area contributed by atoms with Gasteiger partial charge in [-0.25, -0.2) is 11.8 Å². The van der Waals surface area contributed by atoms with Crippen molar-refractivity contribution in [2.24, 2.45) is 62.1 Å². The van der Waals surface area contributed by atoms with E-state index in [0.29, 0.717) is 68.0 Å². The highest BCUT2D eigenvalue weighted by Crippen LogP contribution is 2.69. The highest BCUT2D eigenvalue weighted by molar-refractivity contribution is 5.88. The van der Waals surface area contributed by atoms with Gasteiger partial charge in [0.1, 0.15) is 17.9 Å². The van der Waals surface area contributed by atoms with Crippen molar-refractivity contribution in [3.8, 4) is 0 Å². The van der Waals surface area contributed by atoms with Crippen LogP contribution in [0.5, 0.6) is 0 Å². The van der Waals surface area contributed by atoms with Crippen molar-refractivity contribution in [3.05, 3.63) is 21.5 Å². The first kappa shape index (κ1) is 40.9. The van der Waals surface area contributed by atoms with Gasteiger partial charge in [-0.1, -0.05) is 42.3 Å². The zero-order chi connectivity index (χ0) is 38.2. The number of carbonyl (C=O) groups is 1. The first-order valence-corrected chi connectivity index (χ1v) is 20.3. The summed E-state index contributed by atoms with van der Waals surface area (Å²) in [5, 5.41) is 6.46. The molecule has 0 radical (unpaired) electrons. The van der Waals surface area contributed by atoms with E-state index in [-0.39, 0.29) is 41.6 Å². The summed E-state index contributed by atoms with van der Waals surface area (Å²) in [5.41, 5.74) is 0.677. The van der Waals surface area contributed by atoms with E-state index in [2.05, 4.69) is 44.1 Å². The Morgan fingerprint density at radius 3 is 2.28 bits per heavy atom. The molecule has 300 valence electrons. The summed E-state index contributed by atoms with van der Waals surface area (Å²) in [7, 11) is 0. The topological polar surface area (TPSA) is 183 Å². The summed E-state index contributed by atoms with van der Waals surface area (Å²) in [4.78, 5) is 46.2. The van der Waals surface area contributed by atoms with Gasteiger partial charge in [0, 0.05) is 37.5 Å². The van der Waals surface area contributed by atoms with Crippen LogP contribution in [0.2, 0.25) is 0 Å². The van der Waals surface area contributed by atoms with E-state index in [4.69, 9.17) is 40.4 Å². The molecule has 6 aliphatic rings. The molecule has 4 N–H and O–H groups in total. The lowest BCUT2D eigenvalue weighted by Crippen LogP contribution is -2.54. The molecule has 13 atom stereocenters. The summed E-state index contributed by atoms with van der Waals surface area (Å²) < 4.78 is 24.9. The number of hydrogen-bond acceptors (Lipinski definition) is 13. The number of nitrogens with zero attached hydrogens (tertiary/aromatic N) is 2. The number of hydrogen-bond donors (Lipinski definition) is 2. The second-order valence-electron chi connectivity index (χ2n) is 18.8. The highest BCUT2D eigenvalue weighted by Gasteiger charge is 2.61. The van der Waals surface area contributed by atoms with Gasteiger partial charge in [-0.3, -0.25) is 4.79 Å². The van der Waals surface area contributed by atoms with Crippen LogP contribution in [0.1, 0.15) is 131 Å². The van der Waals surface area contributed by atoms with Crippen LogP contribution in [0.4, 0.5) is 0 Å². The fourth-order valence-electron chi connectivity index (χ4n) is 11.8. The Morgan fingerprint density at radius 1 is 0.906 bits per heavy atom. The second-order valence-corrected chi connectivity index (χ2v) is 18.8. The molecule has 0 aromatic carbocycles. The van der Waals surface area contributed by atoms with Gasteiger partial charge in [-0.15, -0.1) is 0 Å². The van der Waals surface area contributed by atoms with E-state index in [1.165, 1.54) is 31.3 Å². The molecule has 0 aromatic rings. The number of allylic oxidation sites excluding steroid dienone is 2. The fourth-order valence-corrected chi connectivity index (χ4v) is 11.8. The van der Waals surface area contributed by atoms with Gasteiger partial charge in [0.05, 0.1) is 37.1 Å². The van der Waals surface area contributed by atoms with Gasteiger partial charge in [0.25, 0.3) is 0 Å². The van der Waals surface area contributed by atoms with Crippen molar-refractivity contribution < 1.29 is 33.4 Å². The summed E-state index contributed by atoms with van der Waals surface area (Å²) in [5.74, 6) is 14.0. The molecule has 13 nitrogen and oxygen atoms in total. The SMILES string of the molecule is CC1(C)C(=O)CCC2C1=CCC1C3CCC(CCC[C@@H](O[C@H]4C[C@@H](ON)C[C@@H](CO[C@H]5C[C@@H](ON)C[C@@H](CN=O)O5)O4)C(C)(C)N=O)[C@@]3(C)CC[C@@]21C. The highest BCUT2D eigenvalue weighted by atomic mass is 16.7. The molecule has 0 bridgehead atoms. The maximum absolute atomic E-state index is 12.9. The normalized spacial score (nSPS) is 41.8. The van der Waals surface area contributed by atoms with Gasteiger partial charge >= 0.3 is 0 Å². The van der Waals surface area contributed by atoms with Crippen molar-refractivity contribution in [3.63, 3.8) is 0 Å². The molecule has 4 unspecified atom stereocenters. The van der Waals surface area contributed by atoms with Gasteiger partial charge < -0.3 is 28.6 Å². The third kappa shape index (κ3) is 8.24. The molecule has 3 saturated carbocycles. The number of fused-ring (bicyclic) bond motifs is 5. The summed E-state index contributed by atoms with van der Waals surface area (Å²) in [6.07, 6.45) is 11.5. The maximum atomic E-state index is 12.9. The minimum atomic E-state index is -0.962. The molecule has 2 aliphatic heterocycles. The average molecular weight is 747 g/mol. The van der Waals surface area contributed by atoms with E-state index < -0.39 is 36.4 Å². The quantitative estimate of drug-likeness (QED) is 0.0983. The van der Waals surface area contributed by atoms with Crippen molar-refractivity contribution in [1.82, 2.24) is 0 Å². The van der Waals surface area contributed by atoms with E-state index in [1.54, 1.807) is 0 Å². The van der Waals surface area contributed by atoms with Gasteiger partial charge in [0.15, 0.2) is 12.6 Å². The van der Waals surface area contributed by atoms with E-state index in [0.717, 1.165) is 25.7 Å². The standard InChI is InChI=1S/C40H66N4O9/c1-37(2)29-12-13-32-31-11-10-24(39(31,5)16-17-40(32,6)30(29)14-15-33(37)45)8-7-9-34(38(3,4)44-47)51-36-21-26(53-42)19-28(50-36)23-48-35-20-25(52-41)18-27(49-35)22-43-46/h12,24-28,30-32,34-36H,7-11,13-23,41-42H2,1-6H3/t24?,25-,26-,27-,28-,30?,31?,32?,34+,35+,36-,39+,40-/m0/s1. The monoisotopic (exact) mass is 746 g/mol. The number of nitrogens with two attached hydrogens (primary N) is 2. The van der Waals surface area contributed by atoms with E-state index in [9.17, 15) is 14.6 Å². The van der Waals surface area contributed by atoms with Gasteiger partial charge in [-0.2, -0.15) is 9.81 Å². The molecule has 4 aliphatic carbocycles. The van der Waals surface area contributed by atoms with Crippen LogP contribution in [-0.4, -0.2) is 67.6 Å². The molecule has 5 fully saturated rings. The predicted octanol–water partition coefficient (Wildman–Crippen LogP) is 7.18. The number of ketones is 1. The lowest BCUT2D eigenvalue weighted by Gasteiger charge is -2.61. The van der Waals surface area contributed by atoms with Gasteiger partial charge in [-0.05, 0) is 114 Å². The fraction of sp³-hybridized carbons (Fsp3) is 0.925. The Bertz CT molecular complexity index is 1340. The van der Waals surface area contributed by atoms with Crippen LogP contribution in [0, 0.1) is 49.7 Å². The van der Waals surface area contributed by atoms with Crippen molar-refractivity contribution in [1.29, 1.82) is 0 Å². The molecule has 2 heterocycles. The molecular formula is C40H66N4O9. The molecule has 13 heteroatoms. The summed E-state index contributed by atoms with van der Waals surface area (Å²) >= 11 is 0. The lowest BCUT2D eigenvalue weighted by molar-refractivity contribution is -0.273. The molecule has 2 saturated heterocycles. The first-order chi connectivity index (χ1) is 25.2. The lowest BCUT2D eigenvalue weighted by atomic mass is 9.43. The Labute approximate surface area is 315 Å². The first-order valence-electron chi connectivity index (χ1n) is 20.3. The maximum Gasteiger partial charge on any atom is 0.161 e. The zero-order valence-electron chi connectivity index (χ0n) is 33.0. The number of ether oxygens (including phenoxy) is 4. The largest absolute Gasteiger partial charge is 0.350 e. The Hall–Kier alpha value is -1.71. The van der Waals surface area contributed by atoms with Crippen molar-refractivity contribution in [2.45, 2.75) is 180 Å². The molecule has 0 spiro atoms. The zero-order valence-corrected chi connectivity index (χ0v) is 33.0. The predicted molar refractivity (Wildman–Crippen MR) is 198 cm³/mol. The molecule has 0 amide bonds. The Morgan fingerprint density at radius 2 is 1.58 bits per heavy atom. The Balaban J connectivity index is 1.05. The number of Topliss-reactive ketones (excluding diaryl/α,β-unsaturated/α-hetero) is 1. The summed E-state index contributed by atoms with van der Waals surface area (Å²) in [6.45, 7) is 13.2. The third-order valence-corrected chi connectivity index (χ3v) is 15.1. The molecule has 53 heavy (non-hydrogen) atoms. The van der Waals surface area contributed by atoms with Crippen LogP contribution in [0.15, 0.2) is 22.0 Å². The van der Waals surface area contributed by atoms with E-state index >= 15 is 0 Å². The van der Waals surface area contributed by atoms with Crippen molar-refractivity contribution >= 4 is 5.78 Å². The third-order valence-electron chi connectivity index (χ3n) is 15.1. The molecular weight excluding hydrogens is 680 g/mol. The average Bonchev–Trinajstić information content (AvgIpc) is 3.47. The Kier molecular flexibility index (Phi) is 12.7. The second kappa shape index (κ2) is 16.4. The number of carbonyl (C=O) groups excluding carboxylic acids is 1. The van der Waals surface area contributed by atoms with Crippen LogP contribution in [0.3, 0.4) is 0 Å². The smallest absolute Gasteiger partial charge is 0.161 e. The molecule has 0 aromatic heterocycles. The molecule has 6 rings (SSSR count).